The molecule has 0 radical (unpaired) electrons. The second-order valence-corrected chi connectivity index (χ2v) is 4.77. The number of aromatic nitrogens is 3. The third kappa shape index (κ3) is 2.53. The number of nitrogens with one attached hydrogen (secondary N) is 1. The van der Waals surface area contributed by atoms with Gasteiger partial charge in [0, 0.05) is 24.0 Å². The van der Waals surface area contributed by atoms with Gasteiger partial charge in [-0.1, -0.05) is 26.7 Å². The lowest BCUT2D eigenvalue weighted by atomic mass is 9.92. The smallest absolute Gasteiger partial charge is 0.0892 e. The molecule has 0 saturated heterocycles. The standard InChI is InChI=1S/C14H22N4/c1-4-11(5-2)8-13(15-3)12-9-17-18-7-6-16-10-14(12)18/h6-7,9-11,13,15H,4-5,8H2,1-3H3. The lowest BCUT2D eigenvalue weighted by molar-refractivity contribution is 0.386. The third-order valence-electron chi connectivity index (χ3n) is 3.80. The molecular weight excluding hydrogens is 224 g/mol. The third-order valence-corrected chi connectivity index (χ3v) is 3.80. The second kappa shape index (κ2) is 5.96. The Bertz CT molecular complexity index is 487. The van der Waals surface area contributed by atoms with Crippen molar-refractivity contribution in [3.63, 3.8) is 0 Å². The van der Waals surface area contributed by atoms with E-state index in [2.05, 4.69) is 29.2 Å². The summed E-state index contributed by atoms with van der Waals surface area (Å²) in [7, 11) is 2.02. The van der Waals surface area contributed by atoms with E-state index in [4.69, 9.17) is 0 Å². The van der Waals surface area contributed by atoms with Gasteiger partial charge in [0.1, 0.15) is 0 Å². The van der Waals surface area contributed by atoms with Gasteiger partial charge in [0.15, 0.2) is 0 Å². The lowest BCUT2D eigenvalue weighted by Crippen LogP contribution is -2.19. The first-order chi connectivity index (χ1) is 8.80. The minimum absolute atomic E-state index is 0.358. The minimum Gasteiger partial charge on any atom is -0.313 e. The Balaban J connectivity index is 2.26. The summed E-state index contributed by atoms with van der Waals surface area (Å²) in [6.07, 6.45) is 11.1. The monoisotopic (exact) mass is 246 g/mol. The van der Waals surface area contributed by atoms with E-state index < -0.39 is 0 Å². The molecule has 1 atom stereocenters. The van der Waals surface area contributed by atoms with Crippen LogP contribution in [0.4, 0.5) is 0 Å². The summed E-state index contributed by atoms with van der Waals surface area (Å²) in [5.41, 5.74) is 2.35. The first-order valence-electron chi connectivity index (χ1n) is 6.74. The van der Waals surface area contributed by atoms with Crippen LogP contribution in [0, 0.1) is 5.92 Å². The van der Waals surface area contributed by atoms with Gasteiger partial charge in [0.2, 0.25) is 0 Å². The van der Waals surface area contributed by atoms with Gasteiger partial charge < -0.3 is 5.32 Å². The molecule has 1 N–H and O–H groups in total. The maximum absolute atomic E-state index is 4.38. The van der Waals surface area contributed by atoms with Gasteiger partial charge in [-0.05, 0) is 19.4 Å². The Morgan fingerprint density at radius 3 is 2.72 bits per heavy atom. The molecule has 1 unspecified atom stereocenters. The van der Waals surface area contributed by atoms with E-state index in [0.29, 0.717) is 6.04 Å². The zero-order valence-electron chi connectivity index (χ0n) is 11.4. The van der Waals surface area contributed by atoms with E-state index in [1.54, 1.807) is 6.20 Å². The molecule has 0 aromatic carbocycles. The fourth-order valence-electron chi connectivity index (χ4n) is 2.48. The van der Waals surface area contributed by atoms with E-state index in [0.717, 1.165) is 17.9 Å². The van der Waals surface area contributed by atoms with Crippen molar-refractivity contribution in [2.75, 3.05) is 7.05 Å². The summed E-state index contributed by atoms with van der Waals surface area (Å²) in [6, 6.07) is 0.358. The molecule has 0 saturated carbocycles. The number of hydrogen-bond acceptors (Lipinski definition) is 3. The highest BCUT2D eigenvalue weighted by atomic mass is 15.2. The van der Waals surface area contributed by atoms with E-state index in [-0.39, 0.29) is 0 Å². The molecule has 4 nitrogen and oxygen atoms in total. The molecule has 0 spiro atoms. The van der Waals surface area contributed by atoms with Gasteiger partial charge >= 0.3 is 0 Å². The van der Waals surface area contributed by atoms with Crippen LogP contribution in [0.1, 0.15) is 44.7 Å². The summed E-state index contributed by atoms with van der Waals surface area (Å²) >= 11 is 0. The summed E-state index contributed by atoms with van der Waals surface area (Å²) < 4.78 is 1.89. The van der Waals surface area contributed by atoms with Gasteiger partial charge in [-0.2, -0.15) is 5.10 Å². The van der Waals surface area contributed by atoms with Crippen LogP contribution in [0.15, 0.2) is 24.8 Å². The van der Waals surface area contributed by atoms with Crippen molar-refractivity contribution in [1.82, 2.24) is 19.9 Å². The van der Waals surface area contributed by atoms with Crippen LogP contribution in [0.25, 0.3) is 5.52 Å². The van der Waals surface area contributed by atoms with Crippen LogP contribution in [0.5, 0.6) is 0 Å². The van der Waals surface area contributed by atoms with Crippen LogP contribution < -0.4 is 5.32 Å². The van der Waals surface area contributed by atoms with Crippen LogP contribution in [-0.4, -0.2) is 21.6 Å². The molecule has 0 bridgehead atoms. The van der Waals surface area contributed by atoms with Gasteiger partial charge in [-0.3, -0.25) is 4.98 Å². The molecule has 2 heterocycles. The Morgan fingerprint density at radius 1 is 1.28 bits per heavy atom. The normalized spacial score (nSPS) is 13.3. The van der Waals surface area contributed by atoms with Crippen molar-refractivity contribution < 1.29 is 0 Å². The van der Waals surface area contributed by atoms with Crippen LogP contribution in [0.2, 0.25) is 0 Å². The average Bonchev–Trinajstić information content (AvgIpc) is 2.84. The first-order valence-corrected chi connectivity index (χ1v) is 6.74. The Labute approximate surface area is 108 Å². The molecule has 2 rings (SSSR count). The molecule has 4 heteroatoms. The zero-order chi connectivity index (χ0) is 13.0. The van der Waals surface area contributed by atoms with Crippen LogP contribution in [0.3, 0.4) is 0 Å². The largest absolute Gasteiger partial charge is 0.313 e. The van der Waals surface area contributed by atoms with Crippen LogP contribution >= 0.6 is 0 Å². The topological polar surface area (TPSA) is 42.2 Å². The van der Waals surface area contributed by atoms with E-state index >= 15 is 0 Å². The highest BCUT2D eigenvalue weighted by Gasteiger charge is 2.18. The van der Waals surface area contributed by atoms with Crippen molar-refractivity contribution >= 4 is 5.52 Å². The molecule has 2 aromatic rings. The second-order valence-electron chi connectivity index (χ2n) is 4.77. The fraction of sp³-hybridized carbons (Fsp3) is 0.571. The molecule has 0 fully saturated rings. The lowest BCUT2D eigenvalue weighted by Gasteiger charge is -2.20. The predicted molar refractivity (Wildman–Crippen MR) is 73.5 cm³/mol. The quantitative estimate of drug-likeness (QED) is 0.852. The highest BCUT2D eigenvalue weighted by Crippen LogP contribution is 2.27. The van der Waals surface area contributed by atoms with Crippen molar-refractivity contribution in [2.24, 2.45) is 5.92 Å². The molecule has 0 amide bonds. The maximum atomic E-state index is 4.38. The first kappa shape index (κ1) is 13.0. The van der Waals surface area contributed by atoms with Crippen molar-refractivity contribution in [3.8, 4) is 0 Å². The summed E-state index contributed by atoms with van der Waals surface area (Å²) in [4.78, 5) is 4.19. The molecular formula is C14H22N4. The number of fused-ring (bicyclic) bond motifs is 1. The number of hydrogen-bond donors (Lipinski definition) is 1. The van der Waals surface area contributed by atoms with Crippen molar-refractivity contribution in [1.29, 1.82) is 0 Å². The Kier molecular flexibility index (Phi) is 4.31. The molecule has 98 valence electrons. The summed E-state index contributed by atoms with van der Waals surface area (Å²) in [6.45, 7) is 4.52. The van der Waals surface area contributed by atoms with Crippen molar-refractivity contribution in [2.45, 2.75) is 39.2 Å². The average molecular weight is 246 g/mol. The van der Waals surface area contributed by atoms with Crippen molar-refractivity contribution in [3.05, 3.63) is 30.4 Å². The SMILES string of the molecule is CCC(CC)CC(NC)c1cnn2ccncc12. The van der Waals surface area contributed by atoms with E-state index in [1.807, 2.05) is 30.2 Å². The molecule has 2 aromatic heterocycles. The summed E-state index contributed by atoms with van der Waals surface area (Å²) in [5.74, 6) is 0.758. The predicted octanol–water partition coefficient (Wildman–Crippen LogP) is 2.82. The van der Waals surface area contributed by atoms with Gasteiger partial charge in [0.05, 0.1) is 17.9 Å². The Morgan fingerprint density at radius 2 is 2.06 bits per heavy atom. The Hall–Kier alpha value is -1.42. The summed E-state index contributed by atoms with van der Waals surface area (Å²) in [5, 5.41) is 7.80. The molecule has 0 aliphatic heterocycles. The van der Waals surface area contributed by atoms with Crippen LogP contribution in [-0.2, 0) is 0 Å². The van der Waals surface area contributed by atoms with E-state index in [1.165, 1.54) is 18.4 Å². The van der Waals surface area contributed by atoms with Gasteiger partial charge in [-0.25, -0.2) is 4.52 Å². The molecule has 0 aliphatic carbocycles. The van der Waals surface area contributed by atoms with E-state index in [9.17, 15) is 0 Å². The fourth-order valence-corrected chi connectivity index (χ4v) is 2.48. The number of rotatable bonds is 6. The number of nitrogens with zero attached hydrogens (tertiary/aromatic N) is 3. The molecule has 18 heavy (non-hydrogen) atoms. The molecule has 0 aliphatic rings. The van der Waals surface area contributed by atoms with Gasteiger partial charge in [0.25, 0.3) is 0 Å². The zero-order valence-corrected chi connectivity index (χ0v) is 11.4. The maximum Gasteiger partial charge on any atom is 0.0892 e. The highest BCUT2D eigenvalue weighted by molar-refractivity contribution is 5.53. The minimum atomic E-state index is 0.358. The van der Waals surface area contributed by atoms with Gasteiger partial charge in [-0.15, -0.1) is 0 Å².